The number of aliphatic hydroxyl groups is 1. The summed E-state index contributed by atoms with van der Waals surface area (Å²) in [5.41, 5.74) is 13.2. The number of hydrogen-bond donors (Lipinski definition) is 14. The van der Waals surface area contributed by atoms with Crippen LogP contribution in [-0.4, -0.2) is 167 Å². The Hall–Kier alpha value is -8.44. The van der Waals surface area contributed by atoms with E-state index in [9.17, 15) is 63.3 Å². The number of phenolic OH excluding ortho intramolecular Hbond substituents is 2. The number of nitrogens with one attached hydrogen (secondary N) is 9. The minimum atomic E-state index is -1.79. The van der Waals surface area contributed by atoms with Crippen LogP contribution in [0.15, 0.2) is 97.1 Å². The number of primary amides is 2. The first-order valence-electron chi connectivity index (χ1n) is 28.0. The predicted octanol–water partition coefficient (Wildman–Crippen LogP) is -0.397. The second kappa shape index (κ2) is 35.4. The SMILES string of the molecule is CNCCCC[C@@H]1NC(=O)[C@@H](Cc2ccc(C(N)=O)cc2)NC(=O)[C@H](Cc2ccc(O)cc2)NC(=O)[C@H](NC(=O)[C@H](Cc2ccc(Cl)cc2)NC(=O)CCC(=O)OC)CSSC[C@@H](C(=O)N[C@H](Cc2ccc(O)cc2)C(N)=O)NC(=O)[C@H]([C@@H](C)O)NC1=O. The molecule has 29 heteroatoms. The van der Waals surface area contributed by atoms with Crippen molar-refractivity contribution in [2.75, 3.05) is 32.2 Å². The van der Waals surface area contributed by atoms with Crippen molar-refractivity contribution >= 4 is 98.2 Å². The van der Waals surface area contributed by atoms with Gasteiger partial charge in [0, 0.05) is 54.2 Å². The number of unbranched alkanes of at least 4 members (excludes halogenated alkanes) is 1. The van der Waals surface area contributed by atoms with Crippen molar-refractivity contribution in [2.24, 2.45) is 11.5 Å². The summed E-state index contributed by atoms with van der Waals surface area (Å²) in [5, 5.41) is 55.5. The first-order valence-corrected chi connectivity index (χ1v) is 30.8. The smallest absolute Gasteiger partial charge is 0.306 e. The zero-order chi connectivity index (χ0) is 64.5. The van der Waals surface area contributed by atoms with Gasteiger partial charge in [-0.3, -0.25) is 52.7 Å². The van der Waals surface area contributed by atoms with Gasteiger partial charge in [0.1, 0.15) is 59.8 Å². The molecule has 0 unspecified atom stereocenters. The van der Waals surface area contributed by atoms with Crippen LogP contribution in [0, 0.1) is 0 Å². The van der Waals surface area contributed by atoms with Gasteiger partial charge in [-0.25, -0.2) is 0 Å². The fourth-order valence-corrected chi connectivity index (χ4v) is 11.3. The molecule has 1 aliphatic heterocycles. The molecule has 4 aromatic rings. The quantitative estimate of drug-likeness (QED) is 0.0241. The Balaban J connectivity index is 1.63. The molecule has 88 heavy (non-hydrogen) atoms. The van der Waals surface area contributed by atoms with E-state index >= 15 is 4.79 Å². The van der Waals surface area contributed by atoms with Gasteiger partial charge in [-0.15, -0.1) is 0 Å². The number of esters is 1. The number of benzene rings is 4. The normalized spacial score (nSPS) is 19.9. The third kappa shape index (κ3) is 23.3. The lowest BCUT2D eigenvalue weighted by molar-refractivity contribution is -0.142. The van der Waals surface area contributed by atoms with Gasteiger partial charge in [-0.1, -0.05) is 81.7 Å². The summed E-state index contributed by atoms with van der Waals surface area (Å²) < 4.78 is 4.68. The molecule has 0 aliphatic carbocycles. The van der Waals surface area contributed by atoms with Gasteiger partial charge >= 0.3 is 5.97 Å². The largest absolute Gasteiger partial charge is 0.508 e. The summed E-state index contributed by atoms with van der Waals surface area (Å²) in [4.78, 5) is 153. The summed E-state index contributed by atoms with van der Waals surface area (Å²) in [6, 6.07) is 11.1. The molecule has 4 aromatic carbocycles. The molecule has 0 spiro atoms. The van der Waals surface area contributed by atoms with Crippen molar-refractivity contribution in [2.45, 2.75) is 119 Å². The number of rotatable bonds is 24. The van der Waals surface area contributed by atoms with Crippen LogP contribution in [0.3, 0.4) is 0 Å². The van der Waals surface area contributed by atoms with Gasteiger partial charge < -0.3 is 79.4 Å². The highest BCUT2D eigenvalue weighted by molar-refractivity contribution is 8.76. The summed E-state index contributed by atoms with van der Waals surface area (Å²) in [7, 11) is 4.64. The lowest BCUT2D eigenvalue weighted by atomic mass is 10.00. The Morgan fingerprint density at radius 3 is 1.69 bits per heavy atom. The Labute approximate surface area is 520 Å². The summed E-state index contributed by atoms with van der Waals surface area (Å²) in [5.74, 6) is -10.9. The number of nitrogens with two attached hydrogens (primary N) is 2. The average Bonchev–Trinajstić information content (AvgIpc) is 3.52. The maximum Gasteiger partial charge on any atom is 0.306 e. The average molecular weight is 1280 g/mol. The lowest BCUT2D eigenvalue weighted by Gasteiger charge is -2.29. The molecular weight excluding hydrogens is 1200 g/mol. The third-order valence-corrected chi connectivity index (χ3v) is 16.5. The summed E-state index contributed by atoms with van der Waals surface area (Å²) >= 11 is 6.16. The van der Waals surface area contributed by atoms with Crippen LogP contribution in [0.1, 0.15) is 71.6 Å². The summed E-state index contributed by atoms with van der Waals surface area (Å²) in [6.07, 6.45) is -2.48. The number of carbonyl (C=O) groups is 11. The van der Waals surface area contributed by atoms with Crippen LogP contribution >= 0.6 is 33.2 Å². The Kier molecular flexibility index (Phi) is 28.3. The molecule has 0 radical (unpaired) electrons. The van der Waals surface area contributed by atoms with Gasteiger partial charge in [0.2, 0.25) is 59.1 Å². The van der Waals surface area contributed by atoms with Crippen LogP contribution in [0.4, 0.5) is 0 Å². The molecule has 10 amide bonds. The molecule has 16 N–H and O–H groups in total. The molecule has 1 fully saturated rings. The van der Waals surface area contributed by atoms with E-state index in [2.05, 4.69) is 52.6 Å². The molecular formula is C59H74ClN11O15S2. The van der Waals surface area contributed by atoms with Crippen molar-refractivity contribution < 1.29 is 72.8 Å². The Morgan fingerprint density at radius 1 is 0.636 bits per heavy atom. The van der Waals surface area contributed by atoms with Crippen molar-refractivity contribution in [1.29, 1.82) is 0 Å². The monoisotopic (exact) mass is 1280 g/mol. The maximum absolute atomic E-state index is 15.0. The van der Waals surface area contributed by atoms with Crippen LogP contribution in [0.25, 0.3) is 0 Å². The molecule has 0 bridgehead atoms. The fourth-order valence-electron chi connectivity index (χ4n) is 8.87. The van der Waals surface area contributed by atoms with E-state index < -0.39 is 119 Å². The lowest BCUT2D eigenvalue weighted by Crippen LogP contribution is -2.62. The molecule has 0 saturated carbocycles. The number of halogens is 1. The number of aromatic hydroxyl groups is 2. The highest BCUT2D eigenvalue weighted by atomic mass is 35.5. The van der Waals surface area contributed by atoms with E-state index in [-0.39, 0.29) is 73.5 Å². The van der Waals surface area contributed by atoms with Crippen molar-refractivity contribution in [3.8, 4) is 11.5 Å². The molecule has 26 nitrogen and oxygen atoms in total. The summed E-state index contributed by atoms with van der Waals surface area (Å²) in [6.45, 7) is 1.70. The number of amides is 10. The van der Waals surface area contributed by atoms with Crippen molar-refractivity contribution in [3.05, 3.63) is 130 Å². The highest BCUT2D eigenvalue weighted by Gasteiger charge is 2.37. The maximum atomic E-state index is 15.0. The molecule has 9 atom stereocenters. The van der Waals surface area contributed by atoms with Crippen LogP contribution in [0.5, 0.6) is 11.5 Å². The number of ether oxygens (including phenoxy) is 1. The third-order valence-electron chi connectivity index (χ3n) is 13.8. The number of phenols is 2. The molecule has 474 valence electrons. The minimum absolute atomic E-state index is 0.0415. The highest BCUT2D eigenvalue weighted by Crippen LogP contribution is 2.25. The second-order valence-electron chi connectivity index (χ2n) is 20.7. The van der Waals surface area contributed by atoms with Gasteiger partial charge in [0.15, 0.2) is 0 Å². The van der Waals surface area contributed by atoms with Gasteiger partial charge in [-0.05, 0) is 111 Å². The van der Waals surface area contributed by atoms with E-state index in [0.717, 1.165) is 28.7 Å². The molecule has 0 aromatic heterocycles. The standard InChI is InChI=1S/C59H74ClN11O15S2/c1-32(72)50-59(85)70-47(57(83)66-42(52(62)78)26-35-11-19-39(73)20-12-35)31-88-87-30-46(69-54(80)43(27-34-9-17-38(60)18-10-34)64-48(75)23-24-49(76)86-3)58(84)68-45(29-36-13-21-40(74)22-14-36)56(82)67-44(28-33-7-15-37(16-8-33)51(61)77)55(81)65-41(53(79)71-50)6-4-5-25-63-2/h7-22,32,41-47,50,63,72-74H,4-6,23-31H2,1-3H3,(H2,61,77)(H2,62,78)(H,64,75)(H,65,81)(H,66,83)(H,67,82)(H,68,84)(H,69,80)(H,70,85)(H,71,79)/t32-,41+,42-,43+,44-,45+,46-,47+,50+/m1/s1. The molecule has 1 heterocycles. The zero-order valence-corrected chi connectivity index (χ0v) is 50.9. The molecule has 1 aliphatic rings. The molecule has 5 rings (SSSR count). The van der Waals surface area contributed by atoms with Crippen LogP contribution in [0.2, 0.25) is 5.02 Å². The van der Waals surface area contributed by atoms with Gasteiger partial charge in [-0.2, -0.15) is 0 Å². The van der Waals surface area contributed by atoms with Crippen LogP contribution < -0.4 is 59.3 Å². The van der Waals surface area contributed by atoms with E-state index in [0.29, 0.717) is 46.7 Å². The minimum Gasteiger partial charge on any atom is -0.508 e. The number of hydrogen-bond acceptors (Lipinski definition) is 18. The number of aliphatic hydroxyl groups excluding tert-OH is 1. The van der Waals surface area contributed by atoms with Gasteiger partial charge in [0.25, 0.3) is 0 Å². The topological polar surface area (TPSA) is 418 Å². The first kappa shape index (κ1) is 70.3. The van der Waals surface area contributed by atoms with E-state index in [1.807, 2.05) is 0 Å². The number of carbonyl (C=O) groups excluding carboxylic acids is 11. The Morgan fingerprint density at radius 2 is 1.15 bits per heavy atom. The van der Waals surface area contributed by atoms with E-state index in [4.69, 9.17) is 23.1 Å². The van der Waals surface area contributed by atoms with Crippen molar-refractivity contribution in [1.82, 2.24) is 47.9 Å². The Bertz CT molecular complexity index is 3070. The van der Waals surface area contributed by atoms with Crippen molar-refractivity contribution in [3.63, 3.8) is 0 Å². The van der Waals surface area contributed by atoms with Crippen LogP contribution in [-0.2, 0) is 78.4 Å². The predicted molar refractivity (Wildman–Crippen MR) is 328 cm³/mol. The van der Waals surface area contributed by atoms with E-state index in [1.54, 1.807) is 31.3 Å². The van der Waals surface area contributed by atoms with Gasteiger partial charge in [0.05, 0.1) is 19.6 Å². The first-order chi connectivity index (χ1) is 41.9. The second-order valence-corrected chi connectivity index (χ2v) is 23.7. The zero-order valence-electron chi connectivity index (χ0n) is 48.5. The van der Waals surface area contributed by atoms with E-state index in [1.165, 1.54) is 79.7 Å². The number of methoxy groups -OCH3 is 1. The fraction of sp³-hybridized carbons (Fsp3) is 0.407. The molecule has 1 saturated heterocycles.